The van der Waals surface area contributed by atoms with E-state index in [1.807, 2.05) is 31.2 Å². The average molecular weight is 276 g/mol. The highest BCUT2D eigenvalue weighted by atomic mass is 16.4. The Labute approximate surface area is 118 Å². The standard InChI is InChI=1S/C15H20N2O3/c1-2-5-13(15(19)20)17-14(18)11-8-9-16-12-7-4-3-6-10(11)12/h3-4,6-7,11,13,16H,2,5,8-9H2,1H3,(H,17,18)(H,19,20)/t11?,13-/m0/s1. The van der Waals surface area contributed by atoms with Crippen LogP contribution in [0.4, 0.5) is 5.69 Å². The largest absolute Gasteiger partial charge is 0.480 e. The van der Waals surface area contributed by atoms with Crippen LogP contribution in [0.15, 0.2) is 24.3 Å². The molecule has 1 heterocycles. The normalized spacial score (nSPS) is 18.6. The van der Waals surface area contributed by atoms with Gasteiger partial charge in [-0.15, -0.1) is 0 Å². The first-order valence-corrected chi connectivity index (χ1v) is 6.99. The molecule has 5 heteroatoms. The van der Waals surface area contributed by atoms with E-state index < -0.39 is 12.0 Å². The van der Waals surface area contributed by atoms with E-state index in [1.54, 1.807) is 0 Å². The molecule has 1 aromatic carbocycles. The minimum Gasteiger partial charge on any atom is -0.480 e. The minimum atomic E-state index is -0.970. The number of rotatable bonds is 5. The van der Waals surface area contributed by atoms with Gasteiger partial charge in [-0.05, 0) is 24.5 Å². The van der Waals surface area contributed by atoms with Crippen LogP contribution in [-0.4, -0.2) is 29.6 Å². The van der Waals surface area contributed by atoms with E-state index in [1.165, 1.54) is 0 Å². The molecular formula is C15H20N2O3. The molecule has 1 aliphatic heterocycles. The fraction of sp³-hybridized carbons (Fsp3) is 0.467. The number of nitrogens with one attached hydrogen (secondary N) is 2. The first-order valence-electron chi connectivity index (χ1n) is 6.99. The molecule has 3 N–H and O–H groups in total. The zero-order valence-electron chi connectivity index (χ0n) is 11.6. The topological polar surface area (TPSA) is 78.4 Å². The van der Waals surface area contributed by atoms with Crippen molar-refractivity contribution in [2.45, 2.75) is 38.1 Å². The molecule has 0 spiro atoms. The van der Waals surface area contributed by atoms with E-state index in [0.717, 1.165) is 24.2 Å². The van der Waals surface area contributed by atoms with Gasteiger partial charge in [-0.3, -0.25) is 4.79 Å². The smallest absolute Gasteiger partial charge is 0.326 e. The van der Waals surface area contributed by atoms with Crippen molar-refractivity contribution in [3.8, 4) is 0 Å². The van der Waals surface area contributed by atoms with Crippen LogP contribution in [0.5, 0.6) is 0 Å². The molecule has 2 rings (SSSR count). The van der Waals surface area contributed by atoms with Gasteiger partial charge in [0, 0.05) is 12.2 Å². The van der Waals surface area contributed by atoms with Crippen molar-refractivity contribution >= 4 is 17.6 Å². The molecule has 0 radical (unpaired) electrons. The first-order chi connectivity index (χ1) is 9.63. The molecule has 0 fully saturated rings. The van der Waals surface area contributed by atoms with Crippen LogP contribution in [0, 0.1) is 0 Å². The number of anilines is 1. The number of fused-ring (bicyclic) bond motifs is 1. The SMILES string of the molecule is CCC[C@H](NC(=O)C1CCNc2ccccc21)C(=O)O. The van der Waals surface area contributed by atoms with E-state index in [0.29, 0.717) is 12.8 Å². The van der Waals surface area contributed by atoms with Crippen molar-refractivity contribution in [2.75, 3.05) is 11.9 Å². The molecule has 1 aromatic rings. The van der Waals surface area contributed by atoms with Crippen molar-refractivity contribution in [3.05, 3.63) is 29.8 Å². The molecule has 5 nitrogen and oxygen atoms in total. The lowest BCUT2D eigenvalue weighted by Crippen LogP contribution is -2.43. The van der Waals surface area contributed by atoms with Gasteiger partial charge < -0.3 is 15.7 Å². The van der Waals surface area contributed by atoms with Crippen LogP contribution >= 0.6 is 0 Å². The number of aliphatic carboxylic acids is 1. The number of carbonyl (C=O) groups is 2. The van der Waals surface area contributed by atoms with E-state index >= 15 is 0 Å². The van der Waals surface area contributed by atoms with Crippen molar-refractivity contribution in [1.82, 2.24) is 5.32 Å². The Kier molecular flexibility index (Phi) is 4.61. The third kappa shape index (κ3) is 3.10. The van der Waals surface area contributed by atoms with Crippen LogP contribution in [0.1, 0.15) is 37.7 Å². The van der Waals surface area contributed by atoms with E-state index in [2.05, 4.69) is 10.6 Å². The van der Waals surface area contributed by atoms with Crippen molar-refractivity contribution in [3.63, 3.8) is 0 Å². The third-order valence-corrected chi connectivity index (χ3v) is 3.59. The predicted molar refractivity (Wildman–Crippen MR) is 76.8 cm³/mol. The zero-order valence-corrected chi connectivity index (χ0v) is 11.6. The van der Waals surface area contributed by atoms with Crippen LogP contribution < -0.4 is 10.6 Å². The lowest BCUT2D eigenvalue weighted by Gasteiger charge is -2.27. The second-order valence-electron chi connectivity index (χ2n) is 5.04. The number of para-hydroxylation sites is 1. The summed E-state index contributed by atoms with van der Waals surface area (Å²) in [6.45, 7) is 2.63. The van der Waals surface area contributed by atoms with Gasteiger partial charge in [0.2, 0.25) is 5.91 Å². The Morgan fingerprint density at radius 3 is 2.90 bits per heavy atom. The number of hydrogen-bond donors (Lipinski definition) is 3. The summed E-state index contributed by atoms with van der Waals surface area (Å²) in [5.74, 6) is -1.44. The highest BCUT2D eigenvalue weighted by Gasteiger charge is 2.29. The molecule has 20 heavy (non-hydrogen) atoms. The average Bonchev–Trinajstić information content (AvgIpc) is 2.46. The Morgan fingerprint density at radius 2 is 2.20 bits per heavy atom. The molecule has 1 amide bonds. The molecule has 1 unspecified atom stereocenters. The van der Waals surface area contributed by atoms with E-state index in [-0.39, 0.29) is 11.8 Å². The summed E-state index contributed by atoms with van der Waals surface area (Å²) < 4.78 is 0. The summed E-state index contributed by atoms with van der Waals surface area (Å²) in [5, 5.41) is 15.0. The van der Waals surface area contributed by atoms with Gasteiger partial charge in [-0.1, -0.05) is 31.5 Å². The molecule has 0 saturated carbocycles. The monoisotopic (exact) mass is 276 g/mol. The maximum Gasteiger partial charge on any atom is 0.326 e. The van der Waals surface area contributed by atoms with Crippen LogP contribution in [-0.2, 0) is 9.59 Å². The number of carboxylic acids is 1. The molecule has 0 aliphatic carbocycles. The Hall–Kier alpha value is -2.04. The van der Waals surface area contributed by atoms with Gasteiger partial charge >= 0.3 is 5.97 Å². The quantitative estimate of drug-likeness (QED) is 0.768. The van der Waals surface area contributed by atoms with Gasteiger partial charge in [-0.25, -0.2) is 4.79 Å². The predicted octanol–water partition coefficient (Wildman–Crippen LogP) is 1.96. The number of amides is 1. The second-order valence-corrected chi connectivity index (χ2v) is 5.04. The molecule has 108 valence electrons. The Balaban J connectivity index is 2.12. The maximum atomic E-state index is 12.3. The third-order valence-electron chi connectivity index (χ3n) is 3.59. The first kappa shape index (κ1) is 14.4. The van der Waals surface area contributed by atoms with Gasteiger partial charge in [0.1, 0.15) is 6.04 Å². The van der Waals surface area contributed by atoms with Crippen molar-refractivity contribution < 1.29 is 14.7 Å². The van der Waals surface area contributed by atoms with Crippen LogP contribution in [0.25, 0.3) is 0 Å². The fourth-order valence-corrected chi connectivity index (χ4v) is 2.56. The lowest BCUT2D eigenvalue weighted by atomic mass is 9.90. The zero-order chi connectivity index (χ0) is 14.5. The molecule has 0 bridgehead atoms. The minimum absolute atomic E-state index is 0.195. The summed E-state index contributed by atoms with van der Waals surface area (Å²) in [5.41, 5.74) is 1.90. The molecule has 0 saturated heterocycles. The fourth-order valence-electron chi connectivity index (χ4n) is 2.56. The van der Waals surface area contributed by atoms with Crippen LogP contribution in [0.2, 0.25) is 0 Å². The summed E-state index contributed by atoms with van der Waals surface area (Å²) in [7, 11) is 0. The molecule has 1 aliphatic rings. The number of hydrogen-bond acceptors (Lipinski definition) is 3. The summed E-state index contributed by atoms with van der Waals surface area (Å²) in [4.78, 5) is 23.5. The Bertz CT molecular complexity index is 502. The van der Waals surface area contributed by atoms with E-state index in [9.17, 15) is 9.59 Å². The van der Waals surface area contributed by atoms with Gasteiger partial charge in [0.15, 0.2) is 0 Å². The molecular weight excluding hydrogens is 256 g/mol. The van der Waals surface area contributed by atoms with Crippen molar-refractivity contribution in [1.29, 1.82) is 0 Å². The number of benzene rings is 1. The van der Waals surface area contributed by atoms with Crippen LogP contribution in [0.3, 0.4) is 0 Å². The van der Waals surface area contributed by atoms with Gasteiger partial charge in [0.05, 0.1) is 5.92 Å². The Morgan fingerprint density at radius 1 is 1.45 bits per heavy atom. The number of carboxylic acid groups (broad SMARTS) is 1. The summed E-state index contributed by atoms with van der Waals surface area (Å²) >= 11 is 0. The van der Waals surface area contributed by atoms with Gasteiger partial charge in [-0.2, -0.15) is 0 Å². The number of carbonyl (C=O) groups excluding carboxylic acids is 1. The highest BCUT2D eigenvalue weighted by Crippen LogP contribution is 2.31. The maximum absolute atomic E-state index is 12.3. The second kappa shape index (κ2) is 6.41. The summed E-state index contributed by atoms with van der Waals surface area (Å²) in [6, 6.07) is 6.88. The lowest BCUT2D eigenvalue weighted by molar-refractivity contribution is -0.142. The molecule has 2 atom stereocenters. The summed E-state index contributed by atoms with van der Waals surface area (Å²) in [6.07, 6.45) is 1.86. The molecule has 0 aromatic heterocycles. The highest BCUT2D eigenvalue weighted by molar-refractivity contribution is 5.89. The van der Waals surface area contributed by atoms with E-state index in [4.69, 9.17) is 5.11 Å². The van der Waals surface area contributed by atoms with Crippen molar-refractivity contribution in [2.24, 2.45) is 0 Å². The van der Waals surface area contributed by atoms with Gasteiger partial charge in [0.25, 0.3) is 0 Å².